The van der Waals surface area contributed by atoms with E-state index in [4.69, 9.17) is 5.73 Å². The number of likely N-dealkylation sites (tertiary alicyclic amines) is 1. The average molecular weight is 253 g/mol. The topological polar surface area (TPSA) is 42.1 Å². The van der Waals surface area contributed by atoms with Crippen molar-refractivity contribution in [2.45, 2.75) is 24.9 Å². The van der Waals surface area contributed by atoms with Crippen LogP contribution in [0.1, 0.15) is 23.8 Å². The molecule has 3 nitrogen and oxygen atoms in total. The molecule has 0 bridgehead atoms. The van der Waals surface area contributed by atoms with Crippen molar-refractivity contribution in [1.82, 2.24) is 9.27 Å². The second-order valence-electron chi connectivity index (χ2n) is 4.50. The van der Waals surface area contributed by atoms with E-state index in [9.17, 15) is 0 Å². The van der Waals surface area contributed by atoms with Gasteiger partial charge in [0.1, 0.15) is 4.01 Å². The fourth-order valence-corrected chi connectivity index (χ4v) is 4.39. The zero-order valence-corrected chi connectivity index (χ0v) is 10.9. The molecule has 3 rings (SSSR count). The summed E-state index contributed by atoms with van der Waals surface area (Å²) in [5.74, 6) is 0. The van der Waals surface area contributed by atoms with Gasteiger partial charge >= 0.3 is 0 Å². The summed E-state index contributed by atoms with van der Waals surface area (Å²) in [5.41, 5.74) is 6.06. The van der Waals surface area contributed by atoms with Crippen LogP contribution >= 0.6 is 22.9 Å². The summed E-state index contributed by atoms with van der Waals surface area (Å²) in [7, 11) is 2.20. The van der Waals surface area contributed by atoms with E-state index in [1.54, 1.807) is 11.5 Å². The minimum absolute atomic E-state index is 0.361. The van der Waals surface area contributed by atoms with Gasteiger partial charge < -0.3 is 5.73 Å². The Morgan fingerprint density at radius 1 is 1.56 bits per heavy atom. The summed E-state index contributed by atoms with van der Waals surface area (Å²) in [6.45, 7) is 1.11. The predicted molar refractivity (Wildman–Crippen MR) is 70.1 cm³/mol. The van der Waals surface area contributed by atoms with Crippen molar-refractivity contribution in [2.75, 3.05) is 13.6 Å². The summed E-state index contributed by atoms with van der Waals surface area (Å²) in [6.07, 6.45) is 4.16. The van der Waals surface area contributed by atoms with Crippen molar-refractivity contribution >= 4 is 32.3 Å². The Labute approximate surface area is 103 Å². The number of fused-ring (bicyclic) bond motifs is 1. The highest BCUT2D eigenvalue weighted by Crippen LogP contribution is 2.37. The molecule has 0 amide bonds. The highest BCUT2D eigenvalue weighted by atomic mass is 32.2. The van der Waals surface area contributed by atoms with Crippen LogP contribution in [0.5, 0.6) is 0 Å². The van der Waals surface area contributed by atoms with Gasteiger partial charge in [-0.15, -0.1) is 11.3 Å². The third kappa shape index (κ3) is 1.78. The zero-order chi connectivity index (χ0) is 11.1. The summed E-state index contributed by atoms with van der Waals surface area (Å²) in [4.78, 5) is 3.87. The lowest BCUT2D eigenvalue weighted by molar-refractivity contribution is 0.174. The van der Waals surface area contributed by atoms with Gasteiger partial charge in [-0.1, -0.05) is 0 Å². The molecule has 1 saturated heterocycles. The fourth-order valence-electron chi connectivity index (χ4n) is 2.31. The summed E-state index contributed by atoms with van der Waals surface area (Å²) < 4.78 is 5.53. The summed E-state index contributed by atoms with van der Waals surface area (Å²) >= 11 is 3.47. The average Bonchev–Trinajstić information content (AvgIpc) is 2.81. The van der Waals surface area contributed by atoms with Crippen LogP contribution in [0.15, 0.2) is 12.3 Å². The van der Waals surface area contributed by atoms with Crippen LogP contribution < -0.4 is 5.73 Å². The van der Waals surface area contributed by atoms with Gasteiger partial charge in [-0.2, -0.15) is 4.37 Å². The first-order valence-corrected chi connectivity index (χ1v) is 7.13. The standard InChI is InChI=1S/C11H15N3S2/c1-14-3-2-8(12)5-9(14)10-4-7-6-13-16-11(7)15-10/h4,6,8-9H,2-3,5,12H2,1H3. The highest BCUT2D eigenvalue weighted by Gasteiger charge is 2.26. The normalized spacial score (nSPS) is 27.6. The Morgan fingerprint density at radius 3 is 3.25 bits per heavy atom. The van der Waals surface area contributed by atoms with Gasteiger partial charge in [-0.25, -0.2) is 0 Å². The molecular formula is C11H15N3S2. The monoisotopic (exact) mass is 253 g/mol. The van der Waals surface area contributed by atoms with E-state index in [1.165, 1.54) is 14.3 Å². The van der Waals surface area contributed by atoms with E-state index in [2.05, 4.69) is 22.4 Å². The lowest BCUT2D eigenvalue weighted by Crippen LogP contribution is -2.39. The number of thiophene rings is 1. The number of hydrogen-bond donors (Lipinski definition) is 1. The Hall–Kier alpha value is -0.490. The van der Waals surface area contributed by atoms with Crippen LogP contribution in [0.2, 0.25) is 0 Å². The molecule has 16 heavy (non-hydrogen) atoms. The summed E-state index contributed by atoms with van der Waals surface area (Å²) in [6, 6.07) is 3.15. The van der Waals surface area contributed by atoms with E-state index in [-0.39, 0.29) is 0 Å². The van der Waals surface area contributed by atoms with Gasteiger partial charge in [0, 0.05) is 28.5 Å². The molecule has 86 valence electrons. The zero-order valence-electron chi connectivity index (χ0n) is 9.22. The molecule has 0 aliphatic carbocycles. The molecule has 2 aromatic rings. The number of nitrogens with two attached hydrogens (primary N) is 1. The van der Waals surface area contributed by atoms with E-state index in [1.807, 2.05) is 17.5 Å². The highest BCUT2D eigenvalue weighted by molar-refractivity contribution is 7.36. The Balaban J connectivity index is 1.93. The van der Waals surface area contributed by atoms with Gasteiger partial charge in [0.15, 0.2) is 0 Å². The van der Waals surface area contributed by atoms with E-state index >= 15 is 0 Å². The van der Waals surface area contributed by atoms with Crippen molar-refractivity contribution in [3.8, 4) is 0 Å². The van der Waals surface area contributed by atoms with Crippen molar-refractivity contribution in [2.24, 2.45) is 5.73 Å². The lowest BCUT2D eigenvalue weighted by Gasteiger charge is -2.35. The van der Waals surface area contributed by atoms with Crippen LogP contribution in [0.4, 0.5) is 0 Å². The van der Waals surface area contributed by atoms with E-state index in [0.717, 1.165) is 19.4 Å². The first-order chi connectivity index (χ1) is 7.74. The molecule has 2 unspecified atom stereocenters. The molecule has 1 fully saturated rings. The molecular weight excluding hydrogens is 238 g/mol. The number of aromatic nitrogens is 1. The Kier molecular flexibility index (Phi) is 2.71. The van der Waals surface area contributed by atoms with Crippen LogP contribution in [0.3, 0.4) is 0 Å². The van der Waals surface area contributed by atoms with Gasteiger partial charge in [0.05, 0.1) is 0 Å². The largest absolute Gasteiger partial charge is 0.328 e. The molecule has 0 radical (unpaired) electrons. The second-order valence-corrected chi connectivity index (χ2v) is 6.64. The van der Waals surface area contributed by atoms with Gasteiger partial charge in [-0.3, -0.25) is 4.90 Å². The molecule has 2 N–H and O–H groups in total. The minimum Gasteiger partial charge on any atom is -0.328 e. The van der Waals surface area contributed by atoms with Crippen molar-refractivity contribution in [3.05, 3.63) is 17.1 Å². The molecule has 0 saturated carbocycles. The van der Waals surface area contributed by atoms with Gasteiger partial charge in [-0.05, 0) is 44.0 Å². The first kappa shape index (κ1) is 10.7. The Morgan fingerprint density at radius 2 is 2.44 bits per heavy atom. The smallest absolute Gasteiger partial charge is 0.108 e. The predicted octanol–water partition coefficient (Wildman–Crippen LogP) is 2.45. The maximum Gasteiger partial charge on any atom is 0.108 e. The van der Waals surface area contributed by atoms with E-state index in [0.29, 0.717) is 12.1 Å². The SMILES string of the molecule is CN1CCC(N)CC1c1cc2cnsc2s1. The number of piperidine rings is 1. The lowest BCUT2D eigenvalue weighted by atomic mass is 9.97. The van der Waals surface area contributed by atoms with Gasteiger partial charge in [0.2, 0.25) is 0 Å². The second kappa shape index (κ2) is 4.07. The van der Waals surface area contributed by atoms with Crippen LogP contribution in [0.25, 0.3) is 9.40 Å². The quantitative estimate of drug-likeness (QED) is 0.849. The molecule has 0 spiro atoms. The molecule has 5 heteroatoms. The van der Waals surface area contributed by atoms with Crippen molar-refractivity contribution < 1.29 is 0 Å². The molecule has 1 aliphatic heterocycles. The number of rotatable bonds is 1. The van der Waals surface area contributed by atoms with Crippen LogP contribution in [-0.4, -0.2) is 28.9 Å². The summed E-state index contributed by atoms with van der Waals surface area (Å²) in [5, 5.41) is 1.29. The molecule has 0 aromatic carbocycles. The fraction of sp³-hybridized carbons (Fsp3) is 0.545. The molecule has 3 heterocycles. The first-order valence-electron chi connectivity index (χ1n) is 5.54. The number of hydrogen-bond acceptors (Lipinski definition) is 5. The molecule has 2 aromatic heterocycles. The van der Waals surface area contributed by atoms with Crippen LogP contribution in [-0.2, 0) is 0 Å². The third-order valence-electron chi connectivity index (χ3n) is 3.31. The maximum atomic E-state index is 6.06. The van der Waals surface area contributed by atoms with E-state index < -0.39 is 0 Å². The van der Waals surface area contributed by atoms with Crippen LogP contribution in [0, 0.1) is 0 Å². The molecule has 2 atom stereocenters. The minimum atomic E-state index is 0.361. The third-order valence-corrected chi connectivity index (χ3v) is 5.44. The van der Waals surface area contributed by atoms with Gasteiger partial charge in [0.25, 0.3) is 0 Å². The van der Waals surface area contributed by atoms with Crippen molar-refractivity contribution in [3.63, 3.8) is 0 Å². The number of nitrogens with zero attached hydrogens (tertiary/aromatic N) is 2. The van der Waals surface area contributed by atoms with Crippen molar-refractivity contribution in [1.29, 1.82) is 0 Å². The maximum absolute atomic E-state index is 6.06. The Bertz CT molecular complexity index is 462. The molecule has 1 aliphatic rings.